The molecule has 0 bridgehead atoms. The summed E-state index contributed by atoms with van der Waals surface area (Å²) in [5, 5.41) is 11.6. The normalized spacial score (nSPS) is 11.6. The van der Waals surface area contributed by atoms with Gasteiger partial charge in [0.2, 0.25) is 5.91 Å². The van der Waals surface area contributed by atoms with Crippen LogP contribution in [0.2, 0.25) is 0 Å². The van der Waals surface area contributed by atoms with Crippen molar-refractivity contribution < 1.29 is 4.79 Å². The van der Waals surface area contributed by atoms with Crippen LogP contribution in [0.25, 0.3) is 0 Å². The highest BCUT2D eigenvalue weighted by molar-refractivity contribution is 5.94. The highest BCUT2D eigenvalue weighted by Gasteiger charge is 2.16. The number of carbonyl (C=O) groups excluding carboxylic acids is 1. The molecule has 0 aliphatic carbocycles. The summed E-state index contributed by atoms with van der Waals surface area (Å²) < 4.78 is 0. The third kappa shape index (κ3) is 3.39. The van der Waals surface area contributed by atoms with Gasteiger partial charge in [0.1, 0.15) is 5.92 Å². The fraction of sp³-hybridized carbons (Fsp3) is 0.385. The minimum atomic E-state index is -0.550. The van der Waals surface area contributed by atoms with Crippen molar-refractivity contribution in [1.29, 1.82) is 5.26 Å². The molecule has 1 unspecified atom stereocenters. The Hall–Kier alpha value is -1.82. The Morgan fingerprint density at radius 1 is 1.56 bits per heavy atom. The maximum atomic E-state index is 11.7. The van der Waals surface area contributed by atoms with E-state index in [-0.39, 0.29) is 5.91 Å². The maximum Gasteiger partial charge on any atom is 0.241 e. The molecule has 0 aliphatic heterocycles. The van der Waals surface area contributed by atoms with E-state index in [2.05, 4.69) is 5.32 Å². The van der Waals surface area contributed by atoms with E-state index in [1.54, 1.807) is 0 Å². The van der Waals surface area contributed by atoms with Gasteiger partial charge in [0.25, 0.3) is 0 Å². The summed E-state index contributed by atoms with van der Waals surface area (Å²) in [6, 6.07) is 9.58. The van der Waals surface area contributed by atoms with Gasteiger partial charge < -0.3 is 5.32 Å². The van der Waals surface area contributed by atoms with Crippen LogP contribution in [-0.2, 0) is 4.79 Å². The van der Waals surface area contributed by atoms with Gasteiger partial charge in [0.05, 0.1) is 6.07 Å². The van der Waals surface area contributed by atoms with Crippen LogP contribution >= 0.6 is 0 Å². The number of hydrogen-bond donors (Lipinski definition) is 1. The van der Waals surface area contributed by atoms with Gasteiger partial charge in [-0.05, 0) is 31.0 Å². The summed E-state index contributed by atoms with van der Waals surface area (Å²) in [5.41, 5.74) is 1.84. The number of amides is 1. The average Bonchev–Trinajstić information content (AvgIpc) is 2.25. The quantitative estimate of drug-likeness (QED) is 0.841. The smallest absolute Gasteiger partial charge is 0.241 e. The summed E-state index contributed by atoms with van der Waals surface area (Å²) in [4.78, 5) is 11.7. The molecular formula is C13H16N2O. The monoisotopic (exact) mass is 216 g/mol. The summed E-state index contributed by atoms with van der Waals surface area (Å²) in [5.74, 6) is -0.763. The first kappa shape index (κ1) is 12.3. The molecule has 1 atom stereocenters. The van der Waals surface area contributed by atoms with Crippen molar-refractivity contribution in [2.45, 2.75) is 26.7 Å². The second-order valence-electron chi connectivity index (χ2n) is 3.83. The minimum Gasteiger partial charge on any atom is -0.325 e. The Labute approximate surface area is 96.1 Å². The fourth-order valence-electron chi connectivity index (χ4n) is 1.50. The van der Waals surface area contributed by atoms with Crippen LogP contribution in [0.1, 0.15) is 25.3 Å². The van der Waals surface area contributed by atoms with E-state index in [9.17, 15) is 4.79 Å². The molecular weight excluding hydrogens is 200 g/mol. The van der Waals surface area contributed by atoms with E-state index < -0.39 is 5.92 Å². The standard InChI is InChI=1S/C13H16N2O/c1-3-5-11(9-14)13(16)15-12-7-4-6-10(2)8-12/h4,6-8,11H,3,5H2,1-2H3,(H,15,16). The zero-order valence-electron chi connectivity index (χ0n) is 9.66. The molecule has 0 fully saturated rings. The second-order valence-corrected chi connectivity index (χ2v) is 3.83. The molecule has 1 amide bonds. The topological polar surface area (TPSA) is 52.9 Å². The van der Waals surface area contributed by atoms with Gasteiger partial charge in [-0.1, -0.05) is 25.5 Å². The number of nitrogens with one attached hydrogen (secondary N) is 1. The van der Waals surface area contributed by atoms with Crippen molar-refractivity contribution in [3.8, 4) is 6.07 Å². The maximum absolute atomic E-state index is 11.7. The van der Waals surface area contributed by atoms with Crippen LogP contribution in [0, 0.1) is 24.2 Å². The van der Waals surface area contributed by atoms with Gasteiger partial charge in [-0.3, -0.25) is 4.79 Å². The summed E-state index contributed by atoms with van der Waals surface area (Å²) in [7, 11) is 0. The minimum absolute atomic E-state index is 0.213. The van der Waals surface area contributed by atoms with E-state index in [1.807, 2.05) is 44.2 Å². The summed E-state index contributed by atoms with van der Waals surface area (Å²) in [6.07, 6.45) is 1.44. The molecule has 1 N–H and O–H groups in total. The van der Waals surface area contributed by atoms with E-state index in [4.69, 9.17) is 5.26 Å². The van der Waals surface area contributed by atoms with Crippen molar-refractivity contribution in [1.82, 2.24) is 0 Å². The molecule has 0 radical (unpaired) electrons. The van der Waals surface area contributed by atoms with Gasteiger partial charge in [0.15, 0.2) is 0 Å². The number of nitrogens with zero attached hydrogens (tertiary/aromatic N) is 1. The first-order chi connectivity index (χ1) is 7.67. The van der Waals surface area contributed by atoms with Gasteiger partial charge >= 0.3 is 0 Å². The number of nitriles is 1. The Morgan fingerprint density at radius 2 is 2.31 bits per heavy atom. The number of benzene rings is 1. The van der Waals surface area contributed by atoms with Crippen LogP contribution < -0.4 is 5.32 Å². The number of rotatable bonds is 4. The molecule has 0 heterocycles. The molecule has 0 saturated heterocycles. The third-order valence-corrected chi connectivity index (χ3v) is 2.34. The van der Waals surface area contributed by atoms with Crippen molar-refractivity contribution in [3.63, 3.8) is 0 Å². The molecule has 0 spiro atoms. The lowest BCUT2D eigenvalue weighted by atomic mass is 10.0. The predicted octanol–water partition coefficient (Wildman–Crippen LogP) is 2.87. The van der Waals surface area contributed by atoms with Gasteiger partial charge in [-0.2, -0.15) is 5.26 Å². The Balaban J connectivity index is 2.67. The number of hydrogen-bond acceptors (Lipinski definition) is 2. The summed E-state index contributed by atoms with van der Waals surface area (Å²) in [6.45, 7) is 3.92. The summed E-state index contributed by atoms with van der Waals surface area (Å²) >= 11 is 0. The van der Waals surface area contributed by atoms with Crippen molar-refractivity contribution in [3.05, 3.63) is 29.8 Å². The van der Waals surface area contributed by atoms with Crippen LogP contribution in [-0.4, -0.2) is 5.91 Å². The molecule has 1 aromatic rings. The Kier molecular flexibility index (Phi) is 4.53. The lowest BCUT2D eigenvalue weighted by Crippen LogP contribution is -2.21. The van der Waals surface area contributed by atoms with Crippen molar-refractivity contribution >= 4 is 11.6 Å². The lowest BCUT2D eigenvalue weighted by Gasteiger charge is -2.09. The molecule has 84 valence electrons. The average molecular weight is 216 g/mol. The van der Waals surface area contributed by atoms with E-state index in [0.29, 0.717) is 6.42 Å². The fourth-order valence-corrected chi connectivity index (χ4v) is 1.50. The van der Waals surface area contributed by atoms with Crippen LogP contribution in [0.3, 0.4) is 0 Å². The molecule has 16 heavy (non-hydrogen) atoms. The molecule has 0 aliphatic rings. The molecule has 1 rings (SSSR count). The third-order valence-electron chi connectivity index (χ3n) is 2.34. The van der Waals surface area contributed by atoms with Crippen LogP contribution in [0.4, 0.5) is 5.69 Å². The molecule has 0 saturated carbocycles. The van der Waals surface area contributed by atoms with E-state index >= 15 is 0 Å². The Bertz CT molecular complexity index is 407. The van der Waals surface area contributed by atoms with E-state index in [0.717, 1.165) is 17.7 Å². The van der Waals surface area contributed by atoms with Gasteiger partial charge in [-0.25, -0.2) is 0 Å². The molecule has 0 aromatic heterocycles. The SMILES string of the molecule is CCCC(C#N)C(=O)Nc1cccc(C)c1. The second kappa shape index (κ2) is 5.92. The van der Waals surface area contributed by atoms with Crippen molar-refractivity contribution in [2.75, 3.05) is 5.32 Å². The van der Waals surface area contributed by atoms with Gasteiger partial charge in [-0.15, -0.1) is 0 Å². The first-order valence-electron chi connectivity index (χ1n) is 5.44. The number of anilines is 1. The molecule has 3 nitrogen and oxygen atoms in total. The highest BCUT2D eigenvalue weighted by atomic mass is 16.1. The van der Waals surface area contributed by atoms with Gasteiger partial charge in [0, 0.05) is 5.69 Å². The predicted molar refractivity (Wildman–Crippen MR) is 63.8 cm³/mol. The number of aryl methyl sites for hydroxylation is 1. The van der Waals surface area contributed by atoms with Crippen LogP contribution in [0.5, 0.6) is 0 Å². The Morgan fingerprint density at radius 3 is 2.88 bits per heavy atom. The van der Waals surface area contributed by atoms with Crippen molar-refractivity contribution in [2.24, 2.45) is 5.92 Å². The largest absolute Gasteiger partial charge is 0.325 e. The highest BCUT2D eigenvalue weighted by Crippen LogP contribution is 2.13. The van der Waals surface area contributed by atoms with E-state index in [1.165, 1.54) is 0 Å². The number of carbonyl (C=O) groups is 1. The van der Waals surface area contributed by atoms with Crippen LogP contribution in [0.15, 0.2) is 24.3 Å². The first-order valence-corrected chi connectivity index (χ1v) is 5.44. The zero-order valence-corrected chi connectivity index (χ0v) is 9.66. The molecule has 1 aromatic carbocycles. The molecule has 3 heteroatoms. The zero-order chi connectivity index (χ0) is 12.0. The lowest BCUT2D eigenvalue weighted by molar-refractivity contribution is -0.118.